The van der Waals surface area contributed by atoms with Crippen LogP contribution in [0.25, 0.3) is 0 Å². The minimum absolute atomic E-state index is 0.125. The molecule has 3 rings (SSSR count). The third kappa shape index (κ3) is 2.74. The van der Waals surface area contributed by atoms with Crippen LogP contribution in [0.5, 0.6) is 5.75 Å². The van der Waals surface area contributed by atoms with E-state index < -0.39 is 12.0 Å². The van der Waals surface area contributed by atoms with Gasteiger partial charge in [0.2, 0.25) is 5.91 Å². The number of ether oxygens (including phenoxy) is 2. The van der Waals surface area contributed by atoms with Crippen LogP contribution >= 0.6 is 0 Å². The van der Waals surface area contributed by atoms with E-state index in [0.717, 1.165) is 5.69 Å². The van der Waals surface area contributed by atoms with Gasteiger partial charge < -0.3 is 14.8 Å². The van der Waals surface area contributed by atoms with Gasteiger partial charge in [-0.2, -0.15) is 5.10 Å². The van der Waals surface area contributed by atoms with Gasteiger partial charge in [-0.05, 0) is 37.6 Å². The highest BCUT2D eigenvalue weighted by Crippen LogP contribution is 2.33. The molecular weight excluding hydrogens is 298 g/mol. The van der Waals surface area contributed by atoms with Crippen molar-refractivity contribution in [1.29, 1.82) is 0 Å². The molecule has 1 aromatic carbocycles. The Hall–Kier alpha value is -2.57. The van der Waals surface area contributed by atoms with Gasteiger partial charge in [-0.1, -0.05) is 0 Å². The van der Waals surface area contributed by atoms with Crippen LogP contribution in [-0.4, -0.2) is 43.9 Å². The monoisotopic (exact) mass is 317 g/mol. The zero-order valence-corrected chi connectivity index (χ0v) is 13.1. The lowest BCUT2D eigenvalue weighted by Crippen LogP contribution is -2.52. The molecule has 0 aromatic heterocycles. The molecule has 1 aromatic rings. The Kier molecular flexibility index (Phi) is 4.18. The highest BCUT2D eigenvalue weighted by Gasteiger charge is 2.47. The summed E-state index contributed by atoms with van der Waals surface area (Å²) in [7, 11) is 1.59. The number of fused-ring (bicyclic) bond motifs is 1. The summed E-state index contributed by atoms with van der Waals surface area (Å²) in [5.74, 6) is -0.106. The topological polar surface area (TPSA) is 80.2 Å². The fourth-order valence-electron chi connectivity index (χ4n) is 2.97. The van der Waals surface area contributed by atoms with E-state index in [1.165, 1.54) is 0 Å². The number of benzene rings is 1. The molecule has 122 valence electrons. The highest BCUT2D eigenvalue weighted by molar-refractivity contribution is 6.39. The Morgan fingerprint density at radius 2 is 2.13 bits per heavy atom. The maximum Gasteiger partial charge on any atom is 0.354 e. The second-order valence-corrected chi connectivity index (χ2v) is 5.38. The largest absolute Gasteiger partial charge is 0.497 e. The number of piperidine rings is 1. The zero-order valence-electron chi connectivity index (χ0n) is 13.1. The normalized spacial score (nSPS) is 23.0. The van der Waals surface area contributed by atoms with Gasteiger partial charge in [0.1, 0.15) is 11.8 Å². The van der Waals surface area contributed by atoms with Crippen LogP contribution < -0.4 is 15.1 Å². The first-order valence-corrected chi connectivity index (χ1v) is 7.62. The van der Waals surface area contributed by atoms with E-state index >= 15 is 0 Å². The summed E-state index contributed by atoms with van der Waals surface area (Å²) >= 11 is 0. The number of amides is 1. The first-order valence-electron chi connectivity index (χ1n) is 7.62. The summed E-state index contributed by atoms with van der Waals surface area (Å²) < 4.78 is 10.2. The second kappa shape index (κ2) is 6.28. The van der Waals surface area contributed by atoms with E-state index in [2.05, 4.69) is 10.4 Å². The quantitative estimate of drug-likeness (QED) is 0.836. The summed E-state index contributed by atoms with van der Waals surface area (Å²) in [5.41, 5.74) is 1.06. The smallest absolute Gasteiger partial charge is 0.354 e. The predicted molar refractivity (Wildman–Crippen MR) is 84.4 cm³/mol. The van der Waals surface area contributed by atoms with Gasteiger partial charge in [-0.25, -0.2) is 4.79 Å². The number of esters is 1. The first kappa shape index (κ1) is 15.3. The molecular formula is C16H19N3O4. The van der Waals surface area contributed by atoms with Crippen molar-refractivity contribution in [2.24, 2.45) is 11.0 Å². The molecule has 0 bridgehead atoms. The molecule has 0 saturated carbocycles. The number of hydrogen-bond donors (Lipinski definition) is 1. The van der Waals surface area contributed by atoms with Crippen LogP contribution in [0.4, 0.5) is 5.69 Å². The molecule has 0 aliphatic carbocycles. The van der Waals surface area contributed by atoms with Crippen molar-refractivity contribution < 1.29 is 19.1 Å². The molecule has 1 fully saturated rings. The maximum absolute atomic E-state index is 12.3. The van der Waals surface area contributed by atoms with E-state index in [-0.39, 0.29) is 18.4 Å². The predicted octanol–water partition coefficient (Wildman–Crippen LogP) is 0.939. The molecule has 0 radical (unpaired) electrons. The van der Waals surface area contributed by atoms with E-state index in [0.29, 0.717) is 24.4 Å². The number of nitrogens with one attached hydrogen (secondary N) is 1. The van der Waals surface area contributed by atoms with Gasteiger partial charge in [0.05, 0.1) is 19.4 Å². The molecule has 0 unspecified atom stereocenters. The van der Waals surface area contributed by atoms with Crippen molar-refractivity contribution >= 4 is 23.3 Å². The van der Waals surface area contributed by atoms with Crippen LogP contribution in [0.15, 0.2) is 29.4 Å². The van der Waals surface area contributed by atoms with Crippen molar-refractivity contribution in [2.45, 2.75) is 19.4 Å². The number of carbonyl (C=O) groups excluding carboxylic acids is 2. The number of anilines is 1. The van der Waals surface area contributed by atoms with Crippen LogP contribution in [0.2, 0.25) is 0 Å². The Morgan fingerprint density at radius 1 is 1.39 bits per heavy atom. The van der Waals surface area contributed by atoms with Gasteiger partial charge in [-0.15, -0.1) is 0 Å². The summed E-state index contributed by atoms with van der Waals surface area (Å²) in [6.07, 6.45) is 0.667. The standard InChI is InChI=1S/C16H19N3O4/c1-3-23-16(21)13-12-8-9-17-15(20)14(12)19(18-13)10-4-6-11(22-2)7-5-10/h4-7,12,14H,3,8-9H2,1-2H3,(H,17,20)/t12-,14+/m0/s1. The van der Waals surface area contributed by atoms with Crippen molar-refractivity contribution in [1.82, 2.24) is 5.32 Å². The minimum atomic E-state index is -0.517. The number of hydrazone groups is 1. The molecule has 1 saturated heterocycles. The molecule has 2 heterocycles. The molecule has 2 aliphatic rings. The molecule has 2 aliphatic heterocycles. The maximum atomic E-state index is 12.3. The van der Waals surface area contributed by atoms with Crippen molar-refractivity contribution in [3.63, 3.8) is 0 Å². The second-order valence-electron chi connectivity index (χ2n) is 5.38. The third-order valence-electron chi connectivity index (χ3n) is 4.06. The number of hydrogen-bond acceptors (Lipinski definition) is 6. The Labute approximate surface area is 134 Å². The van der Waals surface area contributed by atoms with Gasteiger partial charge in [0, 0.05) is 12.5 Å². The van der Waals surface area contributed by atoms with E-state index in [9.17, 15) is 9.59 Å². The lowest BCUT2D eigenvalue weighted by atomic mass is 9.88. The SMILES string of the molecule is CCOC(=O)C1=NN(c2ccc(OC)cc2)[C@H]2C(=O)NCC[C@@H]12. The molecule has 7 nitrogen and oxygen atoms in total. The van der Waals surface area contributed by atoms with Crippen LogP contribution in [0.3, 0.4) is 0 Å². The van der Waals surface area contributed by atoms with E-state index in [1.807, 2.05) is 12.1 Å². The summed E-state index contributed by atoms with van der Waals surface area (Å²) in [6, 6.07) is 6.70. The average Bonchev–Trinajstić information content (AvgIpc) is 2.96. The zero-order chi connectivity index (χ0) is 16.4. The Bertz CT molecular complexity index is 641. The van der Waals surface area contributed by atoms with Crippen LogP contribution in [-0.2, 0) is 14.3 Å². The number of carbonyl (C=O) groups is 2. The molecule has 2 atom stereocenters. The highest BCUT2D eigenvalue weighted by atomic mass is 16.5. The number of rotatable bonds is 4. The lowest BCUT2D eigenvalue weighted by molar-refractivity contribution is -0.135. The molecule has 1 N–H and O–H groups in total. The number of nitrogens with zero attached hydrogens (tertiary/aromatic N) is 2. The van der Waals surface area contributed by atoms with Gasteiger partial charge in [0.15, 0.2) is 5.71 Å². The molecule has 7 heteroatoms. The van der Waals surface area contributed by atoms with Crippen molar-refractivity contribution in [2.75, 3.05) is 25.3 Å². The van der Waals surface area contributed by atoms with Crippen molar-refractivity contribution in [3.05, 3.63) is 24.3 Å². The summed E-state index contributed by atoms with van der Waals surface area (Å²) in [5, 5.41) is 8.84. The lowest BCUT2D eigenvalue weighted by Gasteiger charge is -2.30. The van der Waals surface area contributed by atoms with Gasteiger partial charge in [-0.3, -0.25) is 9.80 Å². The molecule has 0 spiro atoms. The summed E-state index contributed by atoms with van der Waals surface area (Å²) in [6.45, 7) is 2.57. The number of methoxy groups -OCH3 is 1. The Morgan fingerprint density at radius 3 is 2.78 bits per heavy atom. The molecule has 23 heavy (non-hydrogen) atoms. The fraction of sp³-hybridized carbons (Fsp3) is 0.438. The fourth-order valence-corrected chi connectivity index (χ4v) is 2.97. The van der Waals surface area contributed by atoms with Crippen LogP contribution in [0, 0.1) is 5.92 Å². The molecule has 1 amide bonds. The first-order chi connectivity index (χ1) is 11.2. The van der Waals surface area contributed by atoms with Crippen LogP contribution in [0.1, 0.15) is 13.3 Å². The average molecular weight is 317 g/mol. The van der Waals surface area contributed by atoms with Crippen molar-refractivity contribution in [3.8, 4) is 5.75 Å². The minimum Gasteiger partial charge on any atom is -0.497 e. The summed E-state index contributed by atoms with van der Waals surface area (Å²) in [4.78, 5) is 24.5. The van der Waals surface area contributed by atoms with E-state index in [1.54, 1.807) is 31.2 Å². The van der Waals surface area contributed by atoms with Gasteiger partial charge >= 0.3 is 5.97 Å². The Balaban J connectivity index is 1.95. The van der Waals surface area contributed by atoms with E-state index in [4.69, 9.17) is 9.47 Å². The third-order valence-corrected chi connectivity index (χ3v) is 4.06. The van der Waals surface area contributed by atoms with Gasteiger partial charge in [0.25, 0.3) is 0 Å².